The molecule has 0 saturated carbocycles. The second kappa shape index (κ2) is 8.20. The number of carbonyl (C=O) groups is 1. The summed E-state index contributed by atoms with van der Waals surface area (Å²) >= 11 is 7.43. The first-order chi connectivity index (χ1) is 10.6. The van der Waals surface area contributed by atoms with Gasteiger partial charge in [-0.3, -0.25) is 4.79 Å². The maximum Gasteiger partial charge on any atom is 0.223 e. The molecular formula is C17H17ClFNOS. The van der Waals surface area contributed by atoms with Gasteiger partial charge in [-0.05, 0) is 30.3 Å². The van der Waals surface area contributed by atoms with E-state index in [4.69, 9.17) is 11.6 Å². The highest BCUT2D eigenvalue weighted by Crippen LogP contribution is 2.21. The lowest BCUT2D eigenvalue weighted by atomic mass is 10.2. The van der Waals surface area contributed by atoms with Crippen LogP contribution in [0.25, 0.3) is 0 Å². The Kier molecular flexibility index (Phi) is 6.28. The van der Waals surface area contributed by atoms with Crippen molar-refractivity contribution in [2.24, 2.45) is 0 Å². The molecule has 0 unspecified atom stereocenters. The zero-order valence-corrected chi connectivity index (χ0v) is 13.8. The lowest BCUT2D eigenvalue weighted by Crippen LogP contribution is -2.26. The highest BCUT2D eigenvalue weighted by atomic mass is 35.5. The minimum Gasteiger partial charge on any atom is -0.341 e. The van der Waals surface area contributed by atoms with E-state index in [0.717, 1.165) is 4.90 Å². The van der Waals surface area contributed by atoms with Crippen LogP contribution in [0, 0.1) is 5.82 Å². The van der Waals surface area contributed by atoms with Gasteiger partial charge < -0.3 is 4.90 Å². The average molecular weight is 338 g/mol. The van der Waals surface area contributed by atoms with E-state index in [9.17, 15) is 9.18 Å². The fraction of sp³-hybridized carbons (Fsp3) is 0.235. The van der Waals surface area contributed by atoms with Crippen LogP contribution in [0.15, 0.2) is 53.4 Å². The van der Waals surface area contributed by atoms with Crippen LogP contribution in [-0.2, 0) is 11.3 Å². The van der Waals surface area contributed by atoms with Crippen LogP contribution in [-0.4, -0.2) is 23.6 Å². The van der Waals surface area contributed by atoms with E-state index in [1.807, 2.05) is 24.3 Å². The molecule has 0 N–H and O–H groups in total. The Morgan fingerprint density at radius 1 is 1.18 bits per heavy atom. The van der Waals surface area contributed by atoms with Crippen molar-refractivity contribution >= 4 is 29.3 Å². The first-order valence-electron chi connectivity index (χ1n) is 6.92. The van der Waals surface area contributed by atoms with Crippen molar-refractivity contribution in [1.29, 1.82) is 0 Å². The van der Waals surface area contributed by atoms with Crippen LogP contribution in [0.3, 0.4) is 0 Å². The second-order valence-corrected chi connectivity index (χ2v) is 6.50. The van der Waals surface area contributed by atoms with Crippen molar-refractivity contribution in [1.82, 2.24) is 4.90 Å². The number of amides is 1. The van der Waals surface area contributed by atoms with Gasteiger partial charge in [-0.15, -0.1) is 11.8 Å². The Labute approximate surface area is 139 Å². The number of nitrogens with zero attached hydrogens (tertiary/aromatic N) is 1. The summed E-state index contributed by atoms with van der Waals surface area (Å²) in [5.74, 6) is 0.407. The molecule has 0 fully saturated rings. The molecule has 5 heteroatoms. The van der Waals surface area contributed by atoms with Crippen molar-refractivity contribution in [2.75, 3.05) is 12.8 Å². The zero-order valence-electron chi connectivity index (χ0n) is 12.3. The molecule has 0 aliphatic carbocycles. The number of thioether (sulfide) groups is 1. The number of rotatable bonds is 6. The maximum absolute atomic E-state index is 13.6. The van der Waals surface area contributed by atoms with Crippen molar-refractivity contribution in [3.8, 4) is 0 Å². The van der Waals surface area contributed by atoms with Gasteiger partial charge in [-0.2, -0.15) is 0 Å². The lowest BCUT2D eigenvalue weighted by Gasteiger charge is -2.17. The molecule has 0 atom stereocenters. The van der Waals surface area contributed by atoms with Crippen LogP contribution in [0.5, 0.6) is 0 Å². The van der Waals surface area contributed by atoms with Crippen LogP contribution in [0.2, 0.25) is 5.02 Å². The summed E-state index contributed by atoms with van der Waals surface area (Å²) in [6.45, 7) is 0.289. The molecule has 2 nitrogen and oxygen atoms in total. The summed E-state index contributed by atoms with van der Waals surface area (Å²) < 4.78 is 13.6. The topological polar surface area (TPSA) is 20.3 Å². The van der Waals surface area contributed by atoms with Gasteiger partial charge in [0.2, 0.25) is 5.91 Å². The third-order valence-electron chi connectivity index (χ3n) is 3.19. The molecule has 0 heterocycles. The summed E-state index contributed by atoms with van der Waals surface area (Å²) in [6.07, 6.45) is 0.415. The van der Waals surface area contributed by atoms with Gasteiger partial charge in [0.15, 0.2) is 0 Å². The number of hydrogen-bond acceptors (Lipinski definition) is 2. The van der Waals surface area contributed by atoms with Gasteiger partial charge in [-0.1, -0.05) is 29.8 Å². The van der Waals surface area contributed by atoms with E-state index in [1.54, 1.807) is 41.9 Å². The van der Waals surface area contributed by atoms with E-state index >= 15 is 0 Å². The second-order valence-electron chi connectivity index (χ2n) is 4.89. The Hall–Kier alpha value is -1.52. The first-order valence-corrected chi connectivity index (χ1v) is 8.28. The summed E-state index contributed by atoms with van der Waals surface area (Å²) in [6, 6.07) is 14.0. The molecule has 0 radical (unpaired) electrons. The quantitative estimate of drug-likeness (QED) is 0.717. The van der Waals surface area contributed by atoms with Crippen LogP contribution < -0.4 is 0 Å². The van der Waals surface area contributed by atoms with Crippen LogP contribution in [0.4, 0.5) is 4.39 Å². The Bertz CT molecular complexity index is 633. The smallest absolute Gasteiger partial charge is 0.223 e. The van der Waals surface area contributed by atoms with E-state index in [0.29, 0.717) is 22.8 Å². The van der Waals surface area contributed by atoms with Gasteiger partial charge in [0.05, 0.1) is 0 Å². The molecule has 0 aliphatic heterocycles. The predicted molar refractivity (Wildman–Crippen MR) is 89.7 cm³/mol. The molecule has 116 valence electrons. The third kappa shape index (κ3) is 5.04. The van der Waals surface area contributed by atoms with Crippen LogP contribution >= 0.6 is 23.4 Å². The Morgan fingerprint density at radius 2 is 1.86 bits per heavy atom. The number of benzene rings is 2. The largest absolute Gasteiger partial charge is 0.341 e. The highest BCUT2D eigenvalue weighted by Gasteiger charge is 2.11. The van der Waals surface area contributed by atoms with Gasteiger partial charge in [0.1, 0.15) is 5.82 Å². The molecule has 22 heavy (non-hydrogen) atoms. The summed E-state index contributed by atoms with van der Waals surface area (Å²) in [5, 5.41) is 0.699. The number of hydrogen-bond donors (Lipinski definition) is 0. The van der Waals surface area contributed by atoms with Gasteiger partial charge >= 0.3 is 0 Å². The molecule has 2 rings (SSSR count). The number of halogens is 2. The normalized spacial score (nSPS) is 10.5. The van der Waals surface area contributed by atoms with Gasteiger partial charge in [0, 0.05) is 41.2 Å². The molecule has 0 saturated heterocycles. The van der Waals surface area contributed by atoms with E-state index in [2.05, 4.69) is 0 Å². The lowest BCUT2D eigenvalue weighted by molar-refractivity contribution is -0.129. The maximum atomic E-state index is 13.6. The fourth-order valence-electron chi connectivity index (χ4n) is 1.95. The van der Waals surface area contributed by atoms with Crippen LogP contribution in [0.1, 0.15) is 12.0 Å². The van der Waals surface area contributed by atoms with Crippen molar-refractivity contribution < 1.29 is 9.18 Å². The summed E-state index contributed by atoms with van der Waals surface area (Å²) in [5.41, 5.74) is 0.531. The summed E-state index contributed by atoms with van der Waals surface area (Å²) in [4.78, 5) is 14.7. The van der Waals surface area contributed by atoms with Crippen molar-refractivity contribution in [3.63, 3.8) is 0 Å². The SMILES string of the molecule is CN(Cc1ccccc1F)C(=O)CCSc1ccc(Cl)cc1. The standard InChI is InChI=1S/C17H17ClFNOS/c1-20(12-13-4-2-3-5-16(13)19)17(21)10-11-22-15-8-6-14(18)7-9-15/h2-9H,10-12H2,1H3. The van der Waals surface area contributed by atoms with Crippen molar-refractivity contribution in [2.45, 2.75) is 17.9 Å². The van der Waals surface area contributed by atoms with E-state index in [-0.39, 0.29) is 18.3 Å². The van der Waals surface area contributed by atoms with Crippen molar-refractivity contribution in [3.05, 3.63) is 64.9 Å². The van der Waals surface area contributed by atoms with E-state index < -0.39 is 0 Å². The molecular weight excluding hydrogens is 321 g/mol. The zero-order chi connectivity index (χ0) is 15.9. The summed E-state index contributed by atoms with van der Waals surface area (Å²) in [7, 11) is 1.70. The molecule has 2 aromatic rings. The molecule has 0 aromatic heterocycles. The molecule has 0 spiro atoms. The highest BCUT2D eigenvalue weighted by molar-refractivity contribution is 7.99. The van der Waals surface area contributed by atoms with E-state index in [1.165, 1.54) is 6.07 Å². The first kappa shape index (κ1) is 16.8. The molecule has 0 bridgehead atoms. The fourth-order valence-corrected chi connectivity index (χ4v) is 2.92. The van der Waals surface area contributed by atoms with Gasteiger partial charge in [-0.25, -0.2) is 4.39 Å². The molecule has 1 amide bonds. The molecule has 0 aliphatic rings. The Balaban J connectivity index is 1.79. The minimum atomic E-state index is -0.280. The third-order valence-corrected chi connectivity index (χ3v) is 4.46. The predicted octanol–water partition coefficient (Wildman–Crippen LogP) is 4.62. The monoisotopic (exact) mass is 337 g/mol. The van der Waals surface area contributed by atoms with Gasteiger partial charge in [0.25, 0.3) is 0 Å². The average Bonchev–Trinajstić information content (AvgIpc) is 2.51. The minimum absolute atomic E-state index is 0.00437. The molecule has 2 aromatic carbocycles. The number of carbonyl (C=O) groups excluding carboxylic acids is 1. The Morgan fingerprint density at radius 3 is 2.55 bits per heavy atom.